The molecule has 1 aromatic carbocycles. The highest BCUT2D eigenvalue weighted by Gasteiger charge is 2.36. The smallest absolute Gasteiger partial charge is 0.0487 e. The van der Waals surface area contributed by atoms with Crippen LogP contribution in [-0.4, -0.2) is 6.04 Å². The molecule has 1 N–H and O–H groups in total. The average molecular weight is 408 g/mol. The summed E-state index contributed by atoms with van der Waals surface area (Å²) in [5, 5.41) is 3.69. The van der Waals surface area contributed by atoms with Crippen LogP contribution in [0.15, 0.2) is 22.7 Å². The van der Waals surface area contributed by atoms with Crippen molar-refractivity contribution in [3.8, 4) is 0 Å². The summed E-state index contributed by atoms with van der Waals surface area (Å²) in [5.41, 5.74) is 1.70. The molecule has 0 amide bonds. The van der Waals surface area contributed by atoms with E-state index < -0.39 is 0 Å². The Morgan fingerprint density at radius 2 is 2.06 bits per heavy atom. The summed E-state index contributed by atoms with van der Waals surface area (Å²) in [6, 6.07) is 7.08. The minimum absolute atomic E-state index is 0.479. The van der Waals surface area contributed by atoms with Crippen LogP contribution in [0, 0.1) is 14.9 Å². The van der Waals surface area contributed by atoms with Gasteiger partial charge in [-0.3, -0.25) is 0 Å². The van der Waals surface area contributed by atoms with Crippen LogP contribution in [0.25, 0.3) is 0 Å². The fourth-order valence-electron chi connectivity index (χ4n) is 2.89. The normalized spacial score (nSPS) is 27.1. The number of halogens is 2. The SMILES string of the molecule is CC1CC(C)(C)CC1Nc1ccc(I)cc1Br. The largest absolute Gasteiger partial charge is 0.381 e. The molecule has 0 saturated heterocycles. The Balaban J connectivity index is 2.11. The molecule has 2 atom stereocenters. The van der Waals surface area contributed by atoms with Crippen LogP contribution in [-0.2, 0) is 0 Å². The van der Waals surface area contributed by atoms with Crippen molar-refractivity contribution >= 4 is 44.2 Å². The van der Waals surface area contributed by atoms with Crippen LogP contribution in [0.3, 0.4) is 0 Å². The molecule has 0 heterocycles. The molecule has 1 aromatic rings. The van der Waals surface area contributed by atoms with Crippen molar-refractivity contribution < 1.29 is 0 Å². The van der Waals surface area contributed by atoms with Gasteiger partial charge in [0.1, 0.15) is 0 Å². The van der Waals surface area contributed by atoms with Crippen molar-refractivity contribution in [1.82, 2.24) is 0 Å². The van der Waals surface area contributed by atoms with E-state index in [0.717, 1.165) is 5.92 Å². The molecule has 1 fully saturated rings. The van der Waals surface area contributed by atoms with E-state index in [1.807, 2.05) is 0 Å². The number of benzene rings is 1. The Morgan fingerprint density at radius 1 is 1.35 bits per heavy atom. The quantitative estimate of drug-likeness (QED) is 0.656. The van der Waals surface area contributed by atoms with Gasteiger partial charge in [-0.15, -0.1) is 0 Å². The topological polar surface area (TPSA) is 12.0 Å². The highest BCUT2D eigenvalue weighted by molar-refractivity contribution is 14.1. The third kappa shape index (κ3) is 3.37. The first kappa shape index (κ1) is 13.7. The molecule has 0 radical (unpaired) electrons. The number of hydrogen-bond acceptors (Lipinski definition) is 1. The van der Waals surface area contributed by atoms with E-state index in [1.54, 1.807) is 0 Å². The number of nitrogens with one attached hydrogen (secondary N) is 1. The van der Waals surface area contributed by atoms with Gasteiger partial charge in [0, 0.05) is 19.8 Å². The Kier molecular flexibility index (Phi) is 4.08. The zero-order chi connectivity index (χ0) is 12.6. The maximum Gasteiger partial charge on any atom is 0.0487 e. The maximum absolute atomic E-state index is 3.69. The summed E-state index contributed by atoms with van der Waals surface area (Å²) >= 11 is 5.97. The molecule has 0 aliphatic heterocycles. The van der Waals surface area contributed by atoms with Crippen molar-refractivity contribution in [3.05, 3.63) is 26.2 Å². The molecule has 0 aromatic heterocycles. The molecule has 0 spiro atoms. The average Bonchev–Trinajstić information content (AvgIpc) is 2.44. The van der Waals surface area contributed by atoms with Gasteiger partial charge in [-0.05, 0) is 80.9 Å². The summed E-state index contributed by atoms with van der Waals surface area (Å²) in [5.74, 6) is 0.746. The zero-order valence-corrected chi connectivity index (χ0v) is 14.3. The first-order chi connectivity index (χ1) is 7.87. The highest BCUT2D eigenvalue weighted by Crippen LogP contribution is 2.42. The maximum atomic E-state index is 3.69. The third-order valence-corrected chi connectivity index (χ3v) is 4.93. The molecular formula is C14H19BrIN. The molecule has 1 aliphatic rings. The van der Waals surface area contributed by atoms with E-state index in [2.05, 4.69) is 82.8 Å². The molecule has 0 bridgehead atoms. The summed E-state index contributed by atoms with van der Waals surface area (Å²) in [6.45, 7) is 7.09. The molecule has 1 aliphatic carbocycles. The molecule has 1 saturated carbocycles. The van der Waals surface area contributed by atoms with Crippen LogP contribution >= 0.6 is 38.5 Å². The molecule has 3 heteroatoms. The van der Waals surface area contributed by atoms with Crippen LogP contribution in [0.2, 0.25) is 0 Å². The van der Waals surface area contributed by atoms with Gasteiger partial charge >= 0.3 is 0 Å². The van der Waals surface area contributed by atoms with Gasteiger partial charge < -0.3 is 5.32 Å². The van der Waals surface area contributed by atoms with E-state index in [4.69, 9.17) is 0 Å². The second-order valence-electron chi connectivity index (χ2n) is 5.92. The van der Waals surface area contributed by atoms with Crippen molar-refractivity contribution in [2.24, 2.45) is 11.3 Å². The molecule has 2 unspecified atom stereocenters. The van der Waals surface area contributed by atoms with Crippen molar-refractivity contribution in [3.63, 3.8) is 0 Å². The summed E-state index contributed by atoms with van der Waals surface area (Å²) in [4.78, 5) is 0. The predicted octanol–water partition coefficient (Wildman–Crippen LogP) is 5.29. The fraction of sp³-hybridized carbons (Fsp3) is 0.571. The van der Waals surface area contributed by atoms with Crippen LogP contribution in [0.4, 0.5) is 5.69 Å². The van der Waals surface area contributed by atoms with Gasteiger partial charge in [0.05, 0.1) is 0 Å². The van der Waals surface area contributed by atoms with Gasteiger partial charge in [-0.1, -0.05) is 20.8 Å². The van der Waals surface area contributed by atoms with Crippen LogP contribution in [0.1, 0.15) is 33.6 Å². The standard InChI is InChI=1S/C14H19BrIN/c1-9-7-14(2,3)8-13(9)17-12-5-4-10(16)6-11(12)15/h4-6,9,13,17H,7-8H2,1-3H3. The predicted molar refractivity (Wildman–Crippen MR) is 86.4 cm³/mol. The molecule has 1 nitrogen and oxygen atoms in total. The van der Waals surface area contributed by atoms with E-state index >= 15 is 0 Å². The summed E-state index contributed by atoms with van der Waals surface area (Å²) < 4.78 is 2.43. The van der Waals surface area contributed by atoms with E-state index in [0.29, 0.717) is 11.5 Å². The first-order valence-electron chi connectivity index (χ1n) is 6.09. The van der Waals surface area contributed by atoms with Crippen molar-refractivity contribution in [2.75, 3.05) is 5.32 Å². The first-order valence-corrected chi connectivity index (χ1v) is 7.96. The second kappa shape index (κ2) is 5.08. The fourth-order valence-corrected chi connectivity index (χ4v) is 4.31. The van der Waals surface area contributed by atoms with Gasteiger partial charge in [-0.25, -0.2) is 0 Å². The number of anilines is 1. The lowest BCUT2D eigenvalue weighted by Crippen LogP contribution is -2.22. The molecule has 94 valence electrons. The lowest BCUT2D eigenvalue weighted by Gasteiger charge is -2.20. The Bertz CT molecular complexity index is 417. The van der Waals surface area contributed by atoms with Crippen LogP contribution in [0.5, 0.6) is 0 Å². The van der Waals surface area contributed by atoms with Crippen molar-refractivity contribution in [1.29, 1.82) is 0 Å². The summed E-state index contributed by atoms with van der Waals surface area (Å²) in [6.07, 6.45) is 2.57. The van der Waals surface area contributed by atoms with E-state index in [1.165, 1.54) is 26.6 Å². The second-order valence-corrected chi connectivity index (χ2v) is 8.02. The zero-order valence-electron chi connectivity index (χ0n) is 10.6. The Hall–Kier alpha value is 0.230. The van der Waals surface area contributed by atoms with Gasteiger partial charge in [0.15, 0.2) is 0 Å². The van der Waals surface area contributed by atoms with Gasteiger partial charge in [-0.2, -0.15) is 0 Å². The lowest BCUT2D eigenvalue weighted by atomic mass is 9.91. The molecular weight excluding hydrogens is 389 g/mol. The minimum atomic E-state index is 0.479. The molecule has 2 rings (SSSR count). The summed E-state index contributed by atoms with van der Waals surface area (Å²) in [7, 11) is 0. The van der Waals surface area contributed by atoms with Crippen LogP contribution < -0.4 is 5.32 Å². The molecule has 17 heavy (non-hydrogen) atoms. The van der Waals surface area contributed by atoms with Gasteiger partial charge in [0.25, 0.3) is 0 Å². The number of hydrogen-bond donors (Lipinski definition) is 1. The van der Waals surface area contributed by atoms with E-state index in [-0.39, 0.29) is 0 Å². The van der Waals surface area contributed by atoms with E-state index in [9.17, 15) is 0 Å². The minimum Gasteiger partial charge on any atom is -0.381 e. The highest BCUT2D eigenvalue weighted by atomic mass is 127. The number of rotatable bonds is 2. The third-order valence-electron chi connectivity index (χ3n) is 3.61. The Labute approximate surface area is 126 Å². The lowest BCUT2D eigenvalue weighted by molar-refractivity contribution is 0.366. The van der Waals surface area contributed by atoms with Crippen molar-refractivity contribution in [2.45, 2.75) is 39.7 Å². The Morgan fingerprint density at radius 3 is 2.59 bits per heavy atom. The monoisotopic (exact) mass is 407 g/mol. The van der Waals surface area contributed by atoms with Gasteiger partial charge in [0.2, 0.25) is 0 Å².